The minimum absolute atomic E-state index is 0.00850. The second kappa shape index (κ2) is 10.4. The molecule has 1 amide bonds. The Hall–Kier alpha value is -4.82. The number of pyridine rings is 2. The van der Waals surface area contributed by atoms with Crippen molar-refractivity contribution in [1.82, 2.24) is 30.3 Å². The van der Waals surface area contributed by atoms with Gasteiger partial charge < -0.3 is 5.32 Å². The van der Waals surface area contributed by atoms with Gasteiger partial charge in [0.1, 0.15) is 11.3 Å². The Balaban J connectivity index is 0.000000917. The van der Waals surface area contributed by atoms with Crippen molar-refractivity contribution in [2.75, 3.05) is 6.54 Å². The number of amides is 1. The summed E-state index contributed by atoms with van der Waals surface area (Å²) in [5.74, 6) is -1.03. The van der Waals surface area contributed by atoms with Gasteiger partial charge >= 0.3 is 6.15 Å². The fraction of sp³-hybridized carbons (Fsp3) is 0.120. The number of carbonyl (C=O) groups is 1. The molecule has 0 fully saturated rings. The normalized spacial score (nSPS) is 10.5. The number of nitrogens with one attached hydrogen (secondary N) is 1. The Morgan fingerprint density at radius 3 is 2.63 bits per heavy atom. The predicted molar refractivity (Wildman–Crippen MR) is 125 cm³/mol. The molecule has 9 nitrogen and oxygen atoms in total. The zero-order chi connectivity index (χ0) is 24.8. The van der Waals surface area contributed by atoms with E-state index in [1.807, 2.05) is 24.3 Å². The Labute approximate surface area is 198 Å². The summed E-state index contributed by atoms with van der Waals surface area (Å²) in [6.07, 6.45) is 2.02. The highest BCUT2D eigenvalue weighted by Gasteiger charge is 2.14. The Bertz CT molecular complexity index is 1560. The van der Waals surface area contributed by atoms with Crippen molar-refractivity contribution < 1.29 is 18.8 Å². The standard InChI is InChI=1S/C24H19FN6O.CO2/c1-2-26-24(32)18-7-6-17(13-19(18)25)21-9-10-22-23(28-21)31(30-29-22)14-15-5-8-20-16(12-15)4-3-11-27-20;2-1-3/h3-13H,2,14H2,1H3,(H,26,32);. The minimum atomic E-state index is -0.591. The quantitative estimate of drug-likeness (QED) is 0.418. The molecule has 35 heavy (non-hydrogen) atoms. The minimum Gasteiger partial charge on any atom is -0.352 e. The van der Waals surface area contributed by atoms with Gasteiger partial charge in [-0.05, 0) is 55.0 Å². The van der Waals surface area contributed by atoms with Crippen LogP contribution in [0, 0.1) is 5.82 Å². The molecule has 2 aromatic carbocycles. The van der Waals surface area contributed by atoms with Gasteiger partial charge in [-0.3, -0.25) is 9.78 Å². The topological polar surface area (TPSA) is 120 Å². The number of halogens is 1. The first-order valence-electron chi connectivity index (χ1n) is 10.7. The second-order valence-electron chi connectivity index (χ2n) is 7.45. The first-order chi connectivity index (χ1) is 17.0. The van der Waals surface area contributed by atoms with E-state index in [0.717, 1.165) is 16.5 Å². The molecule has 174 valence electrons. The van der Waals surface area contributed by atoms with Crippen LogP contribution in [0.4, 0.5) is 4.39 Å². The van der Waals surface area contributed by atoms with Crippen molar-refractivity contribution >= 4 is 34.1 Å². The lowest BCUT2D eigenvalue weighted by atomic mass is 10.1. The van der Waals surface area contributed by atoms with Crippen LogP contribution in [-0.4, -0.2) is 43.6 Å². The molecule has 1 N–H and O–H groups in total. The van der Waals surface area contributed by atoms with Gasteiger partial charge in [0, 0.05) is 23.7 Å². The first-order valence-corrected chi connectivity index (χ1v) is 10.7. The summed E-state index contributed by atoms with van der Waals surface area (Å²) in [7, 11) is 0. The molecule has 0 spiro atoms. The third-order valence-corrected chi connectivity index (χ3v) is 5.21. The van der Waals surface area contributed by atoms with Gasteiger partial charge in [0.25, 0.3) is 5.91 Å². The Kier molecular flexibility index (Phi) is 6.94. The van der Waals surface area contributed by atoms with Crippen molar-refractivity contribution in [3.8, 4) is 11.3 Å². The third kappa shape index (κ3) is 5.07. The smallest absolute Gasteiger partial charge is 0.352 e. The van der Waals surface area contributed by atoms with Crippen LogP contribution >= 0.6 is 0 Å². The van der Waals surface area contributed by atoms with E-state index in [1.54, 1.807) is 36.0 Å². The molecule has 3 aromatic heterocycles. The van der Waals surface area contributed by atoms with Crippen molar-refractivity contribution in [3.05, 3.63) is 83.8 Å². The number of carbonyl (C=O) groups excluding carboxylic acids is 3. The van der Waals surface area contributed by atoms with E-state index in [1.165, 1.54) is 12.1 Å². The van der Waals surface area contributed by atoms with Gasteiger partial charge in [-0.1, -0.05) is 23.4 Å². The number of hydrogen-bond acceptors (Lipinski definition) is 7. The van der Waals surface area contributed by atoms with Crippen LogP contribution in [0.2, 0.25) is 0 Å². The SMILES string of the molecule is CCNC(=O)c1ccc(-c2ccc3nnn(Cc4ccc5ncccc5c4)c3n2)cc1F.O=C=O. The van der Waals surface area contributed by atoms with Gasteiger partial charge in [-0.15, -0.1) is 5.10 Å². The van der Waals surface area contributed by atoms with Crippen LogP contribution in [0.25, 0.3) is 33.3 Å². The van der Waals surface area contributed by atoms with Crippen LogP contribution in [0.5, 0.6) is 0 Å². The van der Waals surface area contributed by atoms with E-state index < -0.39 is 11.7 Å². The fourth-order valence-electron chi connectivity index (χ4n) is 3.63. The van der Waals surface area contributed by atoms with Crippen LogP contribution in [0.15, 0.2) is 66.9 Å². The molecule has 5 aromatic rings. The summed E-state index contributed by atoms with van der Waals surface area (Å²) in [6.45, 7) is 2.71. The highest BCUT2D eigenvalue weighted by Crippen LogP contribution is 2.23. The van der Waals surface area contributed by atoms with Gasteiger partial charge in [-0.2, -0.15) is 9.59 Å². The predicted octanol–water partition coefficient (Wildman–Crippen LogP) is 3.40. The summed E-state index contributed by atoms with van der Waals surface area (Å²) in [5, 5.41) is 12.1. The highest BCUT2D eigenvalue weighted by molar-refractivity contribution is 5.95. The number of nitrogens with zero attached hydrogens (tertiary/aromatic N) is 5. The maximum absolute atomic E-state index is 14.5. The molecule has 0 saturated carbocycles. The molecule has 0 aliphatic carbocycles. The van der Waals surface area contributed by atoms with Crippen LogP contribution in [0.3, 0.4) is 0 Å². The zero-order valence-electron chi connectivity index (χ0n) is 18.6. The van der Waals surface area contributed by atoms with E-state index in [9.17, 15) is 9.18 Å². The van der Waals surface area contributed by atoms with Gasteiger partial charge in [0.15, 0.2) is 5.65 Å². The number of rotatable bonds is 5. The van der Waals surface area contributed by atoms with E-state index in [0.29, 0.717) is 35.5 Å². The summed E-state index contributed by atoms with van der Waals surface area (Å²) in [5.41, 5.74) is 4.37. The molecule has 0 bridgehead atoms. The van der Waals surface area contributed by atoms with Crippen molar-refractivity contribution in [2.24, 2.45) is 0 Å². The molecule has 0 radical (unpaired) electrons. The molecule has 3 heterocycles. The monoisotopic (exact) mass is 470 g/mol. The van der Waals surface area contributed by atoms with Gasteiger partial charge in [-0.25, -0.2) is 14.1 Å². The number of aromatic nitrogens is 5. The van der Waals surface area contributed by atoms with E-state index in [4.69, 9.17) is 9.59 Å². The summed E-state index contributed by atoms with van der Waals surface area (Å²) in [4.78, 5) is 37.2. The summed E-state index contributed by atoms with van der Waals surface area (Å²) >= 11 is 0. The highest BCUT2D eigenvalue weighted by atomic mass is 19.1. The van der Waals surface area contributed by atoms with Gasteiger partial charge in [0.05, 0.1) is 23.3 Å². The van der Waals surface area contributed by atoms with Crippen LogP contribution < -0.4 is 5.32 Å². The van der Waals surface area contributed by atoms with E-state index in [2.05, 4.69) is 31.7 Å². The van der Waals surface area contributed by atoms with Crippen molar-refractivity contribution in [2.45, 2.75) is 13.5 Å². The Morgan fingerprint density at radius 1 is 1.06 bits per heavy atom. The number of fused-ring (bicyclic) bond motifs is 2. The fourth-order valence-corrected chi connectivity index (χ4v) is 3.63. The maximum atomic E-state index is 14.5. The number of hydrogen-bond donors (Lipinski definition) is 1. The molecular weight excluding hydrogens is 451 g/mol. The third-order valence-electron chi connectivity index (χ3n) is 5.21. The zero-order valence-corrected chi connectivity index (χ0v) is 18.6. The van der Waals surface area contributed by atoms with Crippen molar-refractivity contribution in [3.63, 3.8) is 0 Å². The molecule has 0 aliphatic rings. The lowest BCUT2D eigenvalue weighted by molar-refractivity contribution is -0.191. The molecule has 0 unspecified atom stereocenters. The average molecular weight is 470 g/mol. The number of benzene rings is 2. The van der Waals surface area contributed by atoms with Crippen molar-refractivity contribution in [1.29, 1.82) is 0 Å². The molecule has 0 atom stereocenters. The van der Waals surface area contributed by atoms with Gasteiger partial charge in [0.2, 0.25) is 0 Å². The average Bonchev–Trinajstić information content (AvgIpc) is 3.26. The maximum Gasteiger partial charge on any atom is 0.373 e. The molecule has 10 heteroatoms. The largest absolute Gasteiger partial charge is 0.373 e. The Morgan fingerprint density at radius 2 is 1.86 bits per heavy atom. The van der Waals surface area contributed by atoms with Crippen LogP contribution in [0.1, 0.15) is 22.8 Å². The molecular formula is C25H19FN6O3. The molecule has 5 rings (SSSR count). The summed E-state index contributed by atoms with van der Waals surface area (Å²) < 4.78 is 16.3. The lowest BCUT2D eigenvalue weighted by Gasteiger charge is -2.07. The van der Waals surface area contributed by atoms with E-state index in [-0.39, 0.29) is 11.7 Å². The lowest BCUT2D eigenvalue weighted by Crippen LogP contribution is -2.23. The summed E-state index contributed by atoms with van der Waals surface area (Å²) in [6, 6.07) is 18.0. The molecule has 0 saturated heterocycles. The molecule has 0 aliphatic heterocycles. The van der Waals surface area contributed by atoms with Crippen LogP contribution in [-0.2, 0) is 16.1 Å². The second-order valence-corrected chi connectivity index (χ2v) is 7.45. The first kappa shape index (κ1) is 23.3. The van der Waals surface area contributed by atoms with E-state index >= 15 is 0 Å².